The van der Waals surface area contributed by atoms with Crippen molar-refractivity contribution < 1.29 is 18.3 Å². The fraction of sp³-hybridized carbons (Fsp3) is 0.400. The number of nitrogens with zero attached hydrogens (tertiary/aromatic N) is 2. The Morgan fingerprint density at radius 1 is 1.27 bits per heavy atom. The van der Waals surface area contributed by atoms with Crippen LogP contribution in [0, 0.1) is 0 Å². The van der Waals surface area contributed by atoms with Crippen LogP contribution in [0.25, 0.3) is 11.3 Å². The summed E-state index contributed by atoms with van der Waals surface area (Å²) in [5, 5.41) is 16.5. The maximum atomic E-state index is 12.5. The van der Waals surface area contributed by atoms with E-state index in [-0.39, 0.29) is 0 Å². The van der Waals surface area contributed by atoms with E-state index < -0.39 is 18.8 Å². The van der Waals surface area contributed by atoms with Gasteiger partial charge in [-0.15, -0.1) is 0 Å². The fourth-order valence-electron chi connectivity index (χ4n) is 2.69. The second-order valence-electron chi connectivity index (χ2n) is 5.44. The molecule has 1 aromatic heterocycles. The number of fused-ring (bicyclic) bond motifs is 1. The molecule has 2 heterocycles. The maximum absolute atomic E-state index is 12.5. The van der Waals surface area contributed by atoms with E-state index in [9.17, 15) is 18.3 Å². The monoisotopic (exact) mass is 311 g/mol. The molecular weight excluding hydrogens is 295 g/mol. The third-order valence-corrected chi connectivity index (χ3v) is 3.87. The van der Waals surface area contributed by atoms with E-state index in [1.54, 1.807) is 4.90 Å². The van der Waals surface area contributed by atoms with Crippen molar-refractivity contribution in [3.05, 3.63) is 41.6 Å². The molecule has 0 amide bonds. The highest BCUT2D eigenvalue weighted by Gasteiger charge is 2.39. The van der Waals surface area contributed by atoms with Gasteiger partial charge in [-0.1, -0.05) is 30.3 Å². The van der Waals surface area contributed by atoms with Crippen LogP contribution in [0.3, 0.4) is 0 Å². The van der Waals surface area contributed by atoms with Gasteiger partial charge in [0.2, 0.25) is 0 Å². The molecule has 1 aliphatic heterocycles. The zero-order valence-corrected chi connectivity index (χ0v) is 11.8. The number of H-pyrrole nitrogens is 1. The Labute approximate surface area is 125 Å². The Balaban J connectivity index is 1.79. The van der Waals surface area contributed by atoms with Gasteiger partial charge in [0, 0.05) is 42.9 Å². The topological polar surface area (TPSA) is 52.1 Å². The van der Waals surface area contributed by atoms with Gasteiger partial charge in [0.05, 0.1) is 5.69 Å². The molecule has 4 nitrogen and oxygen atoms in total. The van der Waals surface area contributed by atoms with Gasteiger partial charge < -0.3 is 5.11 Å². The van der Waals surface area contributed by atoms with Gasteiger partial charge in [-0.05, 0) is 0 Å². The first kappa shape index (κ1) is 15.1. The molecular formula is C15H16F3N3O. The Morgan fingerprint density at radius 3 is 2.68 bits per heavy atom. The van der Waals surface area contributed by atoms with Crippen molar-refractivity contribution in [3.8, 4) is 11.3 Å². The molecule has 22 heavy (non-hydrogen) atoms. The lowest BCUT2D eigenvalue weighted by molar-refractivity contribution is -0.208. The Kier molecular flexibility index (Phi) is 3.92. The number of hydrogen-bond donors (Lipinski definition) is 2. The van der Waals surface area contributed by atoms with Crippen molar-refractivity contribution in [2.45, 2.75) is 25.2 Å². The number of alkyl halides is 3. The van der Waals surface area contributed by atoms with Crippen LogP contribution < -0.4 is 0 Å². The minimum Gasteiger partial charge on any atom is -0.382 e. The molecule has 1 atom stereocenters. The summed E-state index contributed by atoms with van der Waals surface area (Å²) in [6.07, 6.45) is -6.31. The summed E-state index contributed by atoms with van der Waals surface area (Å²) in [7, 11) is 0. The van der Waals surface area contributed by atoms with Crippen molar-refractivity contribution >= 4 is 0 Å². The van der Waals surface area contributed by atoms with Crippen LogP contribution in [0.5, 0.6) is 0 Å². The van der Waals surface area contributed by atoms with E-state index in [0.717, 1.165) is 22.5 Å². The molecule has 0 saturated heterocycles. The van der Waals surface area contributed by atoms with Gasteiger partial charge in [-0.25, -0.2) is 0 Å². The average molecular weight is 311 g/mol. The van der Waals surface area contributed by atoms with Crippen LogP contribution in [0.15, 0.2) is 30.3 Å². The second kappa shape index (κ2) is 5.73. The SMILES string of the molecule is OC(CN1CCc2[nH]nc(-c3ccccc3)c2C1)C(F)(F)F. The lowest BCUT2D eigenvalue weighted by Crippen LogP contribution is -2.42. The van der Waals surface area contributed by atoms with Gasteiger partial charge in [0.1, 0.15) is 0 Å². The normalized spacial score (nSPS) is 17.3. The third kappa shape index (κ3) is 3.00. The van der Waals surface area contributed by atoms with Crippen molar-refractivity contribution in [2.24, 2.45) is 0 Å². The van der Waals surface area contributed by atoms with Crippen LogP contribution >= 0.6 is 0 Å². The smallest absolute Gasteiger partial charge is 0.382 e. The van der Waals surface area contributed by atoms with Crippen LogP contribution in [-0.2, 0) is 13.0 Å². The van der Waals surface area contributed by atoms with E-state index in [4.69, 9.17) is 0 Å². The Morgan fingerprint density at radius 2 is 2.00 bits per heavy atom. The summed E-state index contributed by atoms with van der Waals surface area (Å²) in [5.74, 6) is 0. The molecule has 0 aliphatic carbocycles. The molecule has 0 radical (unpaired) electrons. The third-order valence-electron chi connectivity index (χ3n) is 3.87. The van der Waals surface area contributed by atoms with E-state index in [1.165, 1.54) is 0 Å². The van der Waals surface area contributed by atoms with Gasteiger partial charge >= 0.3 is 6.18 Å². The molecule has 118 valence electrons. The molecule has 0 spiro atoms. The standard InChI is InChI=1S/C15H16F3N3O/c16-15(17,18)13(22)9-21-7-6-12-11(8-21)14(20-19-12)10-4-2-1-3-5-10/h1-5,13,22H,6-9H2,(H,19,20). The zero-order valence-electron chi connectivity index (χ0n) is 11.8. The first-order valence-corrected chi connectivity index (χ1v) is 7.04. The maximum Gasteiger partial charge on any atom is 0.415 e. The Hall–Kier alpha value is -1.86. The molecule has 2 N–H and O–H groups in total. The fourth-order valence-corrected chi connectivity index (χ4v) is 2.69. The lowest BCUT2D eigenvalue weighted by Gasteiger charge is -2.29. The molecule has 2 aromatic rings. The summed E-state index contributed by atoms with van der Waals surface area (Å²) in [6.45, 7) is 0.405. The highest BCUT2D eigenvalue weighted by Crippen LogP contribution is 2.29. The first-order valence-electron chi connectivity index (χ1n) is 7.04. The molecule has 0 bridgehead atoms. The molecule has 0 saturated carbocycles. The molecule has 7 heteroatoms. The number of aromatic amines is 1. The number of aliphatic hydroxyl groups is 1. The van der Waals surface area contributed by atoms with Crippen molar-refractivity contribution in [1.29, 1.82) is 0 Å². The number of aromatic nitrogens is 2. The Bertz CT molecular complexity index is 639. The van der Waals surface area contributed by atoms with Gasteiger partial charge in [0.25, 0.3) is 0 Å². The number of benzene rings is 1. The van der Waals surface area contributed by atoms with Gasteiger partial charge in [-0.2, -0.15) is 18.3 Å². The van der Waals surface area contributed by atoms with Crippen LogP contribution in [0.1, 0.15) is 11.3 Å². The number of rotatable bonds is 3. The zero-order chi connectivity index (χ0) is 15.7. The van der Waals surface area contributed by atoms with Crippen molar-refractivity contribution in [1.82, 2.24) is 15.1 Å². The van der Waals surface area contributed by atoms with Gasteiger partial charge in [0.15, 0.2) is 6.10 Å². The van der Waals surface area contributed by atoms with Crippen LogP contribution in [-0.4, -0.2) is 45.6 Å². The number of β-amino-alcohol motifs (C(OH)–C–C–N with tert-alkyl or cyclic N) is 1. The van der Waals surface area contributed by atoms with E-state index in [2.05, 4.69) is 10.2 Å². The highest BCUT2D eigenvalue weighted by molar-refractivity contribution is 5.64. The summed E-state index contributed by atoms with van der Waals surface area (Å²) < 4.78 is 37.5. The summed E-state index contributed by atoms with van der Waals surface area (Å²) in [6, 6.07) is 9.52. The van der Waals surface area contributed by atoms with E-state index in [1.807, 2.05) is 30.3 Å². The van der Waals surface area contributed by atoms with Crippen molar-refractivity contribution in [2.75, 3.05) is 13.1 Å². The lowest BCUT2D eigenvalue weighted by atomic mass is 10.0. The predicted octanol–water partition coefficient (Wildman–Crippen LogP) is 2.36. The highest BCUT2D eigenvalue weighted by atomic mass is 19.4. The van der Waals surface area contributed by atoms with E-state index >= 15 is 0 Å². The number of nitrogens with one attached hydrogen (secondary N) is 1. The summed E-state index contributed by atoms with van der Waals surface area (Å²) in [5.41, 5.74) is 3.56. The number of halogens is 3. The molecule has 0 fully saturated rings. The predicted molar refractivity (Wildman–Crippen MR) is 75.1 cm³/mol. The minimum atomic E-state index is -4.58. The van der Waals surface area contributed by atoms with Crippen molar-refractivity contribution in [3.63, 3.8) is 0 Å². The summed E-state index contributed by atoms with van der Waals surface area (Å²) >= 11 is 0. The summed E-state index contributed by atoms with van der Waals surface area (Å²) in [4.78, 5) is 1.61. The molecule has 3 rings (SSSR count). The second-order valence-corrected chi connectivity index (χ2v) is 5.44. The first-order chi connectivity index (χ1) is 10.4. The molecule has 1 aromatic carbocycles. The van der Waals surface area contributed by atoms with E-state index in [0.29, 0.717) is 19.5 Å². The van der Waals surface area contributed by atoms with Gasteiger partial charge in [-0.3, -0.25) is 10.00 Å². The number of aliphatic hydroxyl groups excluding tert-OH is 1. The quantitative estimate of drug-likeness (QED) is 0.915. The van der Waals surface area contributed by atoms with Crippen LogP contribution in [0.4, 0.5) is 13.2 Å². The largest absolute Gasteiger partial charge is 0.415 e. The van der Waals surface area contributed by atoms with Crippen LogP contribution in [0.2, 0.25) is 0 Å². The molecule has 1 unspecified atom stereocenters. The molecule has 1 aliphatic rings. The number of hydrogen-bond acceptors (Lipinski definition) is 3. The average Bonchev–Trinajstić information content (AvgIpc) is 2.90. The minimum absolute atomic E-state index is 0.350.